The summed E-state index contributed by atoms with van der Waals surface area (Å²) in [5.74, 6) is 2.05. The molecule has 0 saturated heterocycles. The zero-order valence-corrected chi connectivity index (χ0v) is 21.1. The molecule has 1 heterocycles. The Bertz CT molecular complexity index is 970. The van der Waals surface area contributed by atoms with Crippen molar-refractivity contribution < 1.29 is 4.79 Å². The smallest absolute Gasteiger partial charge is 0.226 e. The molecule has 6 atom stereocenters. The van der Waals surface area contributed by atoms with E-state index >= 15 is 0 Å². The van der Waals surface area contributed by atoms with Crippen LogP contribution in [0.2, 0.25) is 0 Å². The number of carbonyl (C=O) groups is 1. The number of halogens is 1. The van der Waals surface area contributed by atoms with Gasteiger partial charge in [-0.25, -0.2) is 9.67 Å². The molecule has 6 rings (SSSR count). The molecule has 4 aliphatic carbocycles. The molecule has 2 unspecified atom stereocenters. The maximum absolute atomic E-state index is 13.9. The summed E-state index contributed by atoms with van der Waals surface area (Å²) in [7, 11) is 0. The Morgan fingerprint density at radius 2 is 1.78 bits per heavy atom. The van der Waals surface area contributed by atoms with Gasteiger partial charge in [0.2, 0.25) is 10.6 Å². The minimum absolute atomic E-state index is 0.0555. The van der Waals surface area contributed by atoms with Crippen LogP contribution in [0.1, 0.15) is 95.2 Å². The van der Waals surface area contributed by atoms with E-state index in [0.717, 1.165) is 44.9 Å². The average molecular weight is 499 g/mol. The molecule has 1 aromatic carbocycles. The van der Waals surface area contributed by atoms with Crippen LogP contribution in [0.3, 0.4) is 0 Å². The summed E-state index contributed by atoms with van der Waals surface area (Å²) in [6.45, 7) is 6.66. The summed E-state index contributed by atoms with van der Waals surface area (Å²) in [5, 5.41) is 8.12. The Hall–Kier alpha value is -1.69. The van der Waals surface area contributed by atoms with Gasteiger partial charge in [0.05, 0.1) is 17.0 Å². The van der Waals surface area contributed by atoms with Gasteiger partial charge in [0.25, 0.3) is 0 Å². The molecule has 1 N–H and O–H groups in total. The van der Waals surface area contributed by atoms with Gasteiger partial charge < -0.3 is 5.32 Å². The van der Waals surface area contributed by atoms with E-state index in [2.05, 4.69) is 81.0 Å². The number of hydrogen-bond acceptors (Lipinski definition) is 3. The number of nitrogens with one attached hydrogen (secondary N) is 1. The Morgan fingerprint density at radius 1 is 1.12 bits per heavy atom. The molecule has 2 aromatic rings. The highest BCUT2D eigenvalue weighted by Gasteiger charge is 2.61. The van der Waals surface area contributed by atoms with Crippen molar-refractivity contribution in [1.29, 1.82) is 0 Å². The van der Waals surface area contributed by atoms with E-state index in [1.165, 1.54) is 17.5 Å². The van der Waals surface area contributed by atoms with Crippen molar-refractivity contribution in [2.75, 3.05) is 0 Å². The molecule has 4 fully saturated rings. The molecule has 0 radical (unpaired) electrons. The highest BCUT2D eigenvalue weighted by molar-refractivity contribution is 9.10. The zero-order valence-electron chi connectivity index (χ0n) is 19.5. The van der Waals surface area contributed by atoms with Gasteiger partial charge in [-0.1, -0.05) is 45.0 Å². The van der Waals surface area contributed by atoms with Crippen LogP contribution in [0.4, 0.5) is 0 Å². The van der Waals surface area contributed by atoms with Crippen LogP contribution in [0.5, 0.6) is 0 Å². The van der Waals surface area contributed by atoms with Crippen molar-refractivity contribution in [3.63, 3.8) is 0 Å². The predicted octanol–water partition coefficient (Wildman–Crippen LogP) is 6.12. The van der Waals surface area contributed by atoms with Gasteiger partial charge in [0, 0.05) is 0 Å². The highest BCUT2D eigenvalue weighted by atomic mass is 79.9. The molecular formula is C26H35BrN4O. The van der Waals surface area contributed by atoms with E-state index in [1.807, 2.05) is 6.33 Å². The lowest BCUT2D eigenvalue weighted by Crippen LogP contribution is -2.61. The molecule has 4 saturated carbocycles. The molecule has 0 spiro atoms. The molecule has 172 valence electrons. The van der Waals surface area contributed by atoms with Gasteiger partial charge in [-0.15, -0.1) is 5.10 Å². The van der Waals surface area contributed by atoms with Crippen LogP contribution >= 0.6 is 15.9 Å². The molecular weight excluding hydrogens is 464 g/mol. The van der Waals surface area contributed by atoms with E-state index in [9.17, 15) is 4.79 Å². The summed E-state index contributed by atoms with van der Waals surface area (Å²) in [6.07, 6.45) is 10.4. The molecule has 5 nitrogen and oxygen atoms in total. The van der Waals surface area contributed by atoms with E-state index in [-0.39, 0.29) is 22.9 Å². The lowest BCUT2D eigenvalue weighted by Gasteiger charge is -2.61. The van der Waals surface area contributed by atoms with Gasteiger partial charge in [0.1, 0.15) is 6.33 Å². The maximum atomic E-state index is 13.9. The first-order valence-electron chi connectivity index (χ1n) is 12.3. The third-order valence-corrected chi connectivity index (χ3v) is 9.06. The van der Waals surface area contributed by atoms with Crippen LogP contribution in [-0.4, -0.2) is 20.7 Å². The zero-order chi connectivity index (χ0) is 22.5. The number of nitrogens with zero attached hydrogens (tertiary/aromatic N) is 3. The summed E-state index contributed by atoms with van der Waals surface area (Å²) in [6, 6.07) is 8.97. The summed E-state index contributed by atoms with van der Waals surface area (Å²) < 4.78 is 2.71. The second-order valence-electron chi connectivity index (χ2n) is 10.8. The monoisotopic (exact) mass is 498 g/mol. The fourth-order valence-corrected chi connectivity index (χ4v) is 7.51. The van der Waals surface area contributed by atoms with Crippen molar-refractivity contribution in [2.45, 2.75) is 89.6 Å². The molecule has 1 aromatic heterocycles. The fraction of sp³-hybridized carbons (Fsp3) is 0.654. The first-order chi connectivity index (χ1) is 15.4. The van der Waals surface area contributed by atoms with Crippen molar-refractivity contribution in [3.8, 4) is 0 Å². The molecule has 0 aliphatic heterocycles. The van der Waals surface area contributed by atoms with Gasteiger partial charge in [-0.3, -0.25) is 4.79 Å². The average Bonchev–Trinajstić information content (AvgIpc) is 3.23. The largest absolute Gasteiger partial charge is 0.349 e. The van der Waals surface area contributed by atoms with Gasteiger partial charge in [-0.05, 0) is 96.2 Å². The Balaban J connectivity index is 1.37. The quantitative estimate of drug-likeness (QED) is 0.500. The van der Waals surface area contributed by atoms with Crippen molar-refractivity contribution in [2.24, 2.45) is 17.3 Å². The minimum atomic E-state index is -0.271. The number of hydrogen-bond donors (Lipinski definition) is 1. The summed E-state index contributed by atoms with van der Waals surface area (Å²) in [4.78, 5) is 18.2. The van der Waals surface area contributed by atoms with E-state index in [4.69, 9.17) is 0 Å². The van der Waals surface area contributed by atoms with E-state index in [0.29, 0.717) is 22.5 Å². The highest BCUT2D eigenvalue weighted by Crippen LogP contribution is 2.64. The number of rotatable bonds is 7. The normalized spacial score (nSPS) is 32.6. The first kappa shape index (κ1) is 22.1. The van der Waals surface area contributed by atoms with Crippen LogP contribution in [0, 0.1) is 17.3 Å². The van der Waals surface area contributed by atoms with Crippen LogP contribution in [-0.2, 0) is 10.3 Å². The lowest BCUT2D eigenvalue weighted by molar-refractivity contribution is -0.156. The topological polar surface area (TPSA) is 59.8 Å². The number of benzene rings is 1. The first-order valence-corrected chi connectivity index (χ1v) is 13.1. The van der Waals surface area contributed by atoms with Crippen LogP contribution in [0.25, 0.3) is 0 Å². The van der Waals surface area contributed by atoms with Gasteiger partial charge in [0.15, 0.2) is 0 Å². The van der Waals surface area contributed by atoms with Gasteiger partial charge >= 0.3 is 0 Å². The van der Waals surface area contributed by atoms with Crippen LogP contribution in [0.15, 0.2) is 35.3 Å². The number of amides is 1. The second-order valence-corrected chi connectivity index (χ2v) is 11.5. The molecule has 32 heavy (non-hydrogen) atoms. The predicted molar refractivity (Wildman–Crippen MR) is 129 cm³/mol. The molecule has 6 heteroatoms. The summed E-state index contributed by atoms with van der Waals surface area (Å²) >= 11 is 3.42. The Labute approximate surface area is 199 Å². The minimum Gasteiger partial charge on any atom is -0.349 e. The number of aromatic nitrogens is 3. The fourth-order valence-electron chi connectivity index (χ4n) is 7.24. The van der Waals surface area contributed by atoms with Gasteiger partial charge in [-0.2, -0.15) is 0 Å². The van der Waals surface area contributed by atoms with Crippen LogP contribution < -0.4 is 5.32 Å². The Kier molecular flexibility index (Phi) is 5.71. The van der Waals surface area contributed by atoms with E-state index < -0.39 is 0 Å². The number of carbonyl (C=O) groups excluding carboxylic acids is 1. The SMILES string of the molecule is CC[C@@H](C)c1ccc([C@H](CC)NC(=O)C23C[C@H]4C[C@@H](C2)CC(n2cnc(Br)n2)(C4)C3)cc1. The third-order valence-electron chi connectivity index (χ3n) is 8.70. The maximum Gasteiger partial charge on any atom is 0.226 e. The van der Waals surface area contributed by atoms with Crippen molar-refractivity contribution in [1.82, 2.24) is 20.1 Å². The Morgan fingerprint density at radius 3 is 2.34 bits per heavy atom. The molecule has 1 amide bonds. The second kappa shape index (κ2) is 8.27. The third kappa shape index (κ3) is 3.72. The van der Waals surface area contributed by atoms with Crippen molar-refractivity contribution in [3.05, 3.63) is 46.5 Å². The van der Waals surface area contributed by atoms with Crippen molar-refractivity contribution >= 4 is 21.8 Å². The molecule has 4 aliphatic rings. The lowest BCUT2D eigenvalue weighted by atomic mass is 9.46. The summed E-state index contributed by atoms with van der Waals surface area (Å²) in [5.41, 5.74) is 2.26. The molecule has 4 bridgehead atoms. The standard InChI is InChI=1S/C26H35BrN4O/c1-4-17(3)20-6-8-21(9-7-20)22(5-2)29-23(32)25-11-18-10-19(12-25)14-26(13-18,15-25)31-16-28-24(27)30-31/h6-9,16-19,22H,4-5,10-15H2,1-3H3,(H,29,32)/t17-,18-,19+,22+,25?,26?/m1/s1. The van der Waals surface area contributed by atoms with E-state index in [1.54, 1.807) is 0 Å².